The molecule has 4 nitrogen and oxygen atoms in total. The van der Waals surface area contributed by atoms with E-state index in [-0.39, 0.29) is 0 Å². The van der Waals surface area contributed by atoms with Gasteiger partial charge in [0.15, 0.2) is 5.82 Å². The highest BCUT2D eigenvalue weighted by Gasteiger charge is 2.06. The monoisotopic (exact) mass is 214 g/mol. The van der Waals surface area contributed by atoms with Gasteiger partial charge in [-0.3, -0.25) is 0 Å². The molecular weight excluding hydrogens is 200 g/mol. The van der Waals surface area contributed by atoms with Crippen LogP contribution in [0.25, 0.3) is 5.69 Å². The van der Waals surface area contributed by atoms with Crippen molar-refractivity contribution in [1.82, 2.24) is 20.2 Å². The van der Waals surface area contributed by atoms with Gasteiger partial charge in [-0.1, -0.05) is 23.8 Å². The molecule has 0 N–H and O–H groups in total. The van der Waals surface area contributed by atoms with E-state index < -0.39 is 0 Å². The number of nitrogens with zero attached hydrogens (tertiary/aromatic N) is 4. The molecule has 2 aromatic rings. The van der Waals surface area contributed by atoms with Crippen LogP contribution in [0.4, 0.5) is 0 Å². The smallest absolute Gasteiger partial charge is 0.157 e. The van der Waals surface area contributed by atoms with Gasteiger partial charge in [0.05, 0.1) is 5.69 Å². The van der Waals surface area contributed by atoms with E-state index in [0.29, 0.717) is 0 Å². The normalized spacial score (nSPS) is 10.3. The number of para-hydroxylation sites is 1. The third-order valence-corrected chi connectivity index (χ3v) is 2.31. The zero-order chi connectivity index (χ0) is 11.4. The molecule has 1 aromatic heterocycles. The van der Waals surface area contributed by atoms with Gasteiger partial charge in [-0.2, -0.15) is 4.68 Å². The van der Waals surface area contributed by atoms with E-state index in [4.69, 9.17) is 0 Å². The van der Waals surface area contributed by atoms with Crippen LogP contribution in [0.15, 0.2) is 42.5 Å². The van der Waals surface area contributed by atoms with Crippen LogP contribution < -0.4 is 0 Å². The van der Waals surface area contributed by atoms with Gasteiger partial charge in [0.1, 0.15) is 0 Å². The highest BCUT2D eigenvalue weighted by atomic mass is 15.5. The zero-order valence-corrected chi connectivity index (χ0v) is 9.30. The van der Waals surface area contributed by atoms with Gasteiger partial charge >= 0.3 is 0 Å². The van der Waals surface area contributed by atoms with Crippen LogP contribution in [0.2, 0.25) is 0 Å². The maximum Gasteiger partial charge on any atom is 0.157 e. The minimum atomic E-state index is 0.817. The predicted molar refractivity (Wildman–Crippen MR) is 62.3 cm³/mol. The summed E-state index contributed by atoms with van der Waals surface area (Å²) in [5.41, 5.74) is 2.13. The number of aryl methyl sites for hydroxylation is 1. The molecule has 4 heteroatoms. The fourth-order valence-corrected chi connectivity index (χ4v) is 1.46. The Kier molecular flexibility index (Phi) is 3.10. The zero-order valence-electron chi connectivity index (χ0n) is 9.30. The summed E-state index contributed by atoms with van der Waals surface area (Å²) in [5, 5.41) is 11.7. The molecule has 82 valence electrons. The summed E-state index contributed by atoms with van der Waals surface area (Å²) in [5.74, 6) is 0.870. The molecule has 1 heterocycles. The fourth-order valence-electron chi connectivity index (χ4n) is 1.46. The van der Waals surface area contributed by atoms with Crippen molar-refractivity contribution in [1.29, 1.82) is 0 Å². The third kappa shape index (κ3) is 2.34. The lowest BCUT2D eigenvalue weighted by atomic mass is 10.2. The number of hydrogen-bond donors (Lipinski definition) is 0. The van der Waals surface area contributed by atoms with Crippen LogP contribution in [0.1, 0.15) is 19.2 Å². The second kappa shape index (κ2) is 4.70. The summed E-state index contributed by atoms with van der Waals surface area (Å²) in [4.78, 5) is 0. The second-order valence-corrected chi connectivity index (χ2v) is 3.80. The largest absolute Gasteiger partial charge is 0.197 e. The SMILES string of the molecule is C=C(C)CCc1nnnn1-c1ccccc1. The molecule has 0 aliphatic rings. The fraction of sp³-hybridized carbons (Fsp3) is 0.250. The Morgan fingerprint density at radius 3 is 2.75 bits per heavy atom. The van der Waals surface area contributed by atoms with Gasteiger partial charge in [-0.15, -0.1) is 11.7 Å². The minimum Gasteiger partial charge on any atom is -0.197 e. The van der Waals surface area contributed by atoms with Gasteiger partial charge in [0.2, 0.25) is 0 Å². The van der Waals surface area contributed by atoms with E-state index >= 15 is 0 Å². The number of hydrogen-bond acceptors (Lipinski definition) is 3. The van der Waals surface area contributed by atoms with Gasteiger partial charge in [-0.25, -0.2) is 0 Å². The number of benzene rings is 1. The van der Waals surface area contributed by atoms with Crippen molar-refractivity contribution in [2.75, 3.05) is 0 Å². The van der Waals surface area contributed by atoms with Gasteiger partial charge in [0, 0.05) is 6.42 Å². The molecule has 0 fully saturated rings. The number of tetrazole rings is 1. The maximum absolute atomic E-state index is 4.03. The molecule has 0 atom stereocenters. The van der Waals surface area contributed by atoms with Crippen LogP contribution in [-0.2, 0) is 6.42 Å². The summed E-state index contributed by atoms with van der Waals surface area (Å²) in [6.45, 7) is 5.89. The van der Waals surface area contributed by atoms with E-state index in [1.165, 1.54) is 0 Å². The number of aromatic nitrogens is 4. The average molecular weight is 214 g/mol. The molecule has 16 heavy (non-hydrogen) atoms. The van der Waals surface area contributed by atoms with Crippen LogP contribution in [-0.4, -0.2) is 20.2 Å². The molecular formula is C12H14N4. The number of allylic oxidation sites excluding steroid dienone is 1. The van der Waals surface area contributed by atoms with Crippen molar-refractivity contribution >= 4 is 0 Å². The highest BCUT2D eigenvalue weighted by Crippen LogP contribution is 2.10. The molecule has 0 saturated carbocycles. The lowest BCUT2D eigenvalue weighted by Gasteiger charge is -2.03. The maximum atomic E-state index is 4.03. The van der Waals surface area contributed by atoms with Crippen molar-refractivity contribution in [2.45, 2.75) is 19.8 Å². The van der Waals surface area contributed by atoms with Crippen LogP contribution in [0.5, 0.6) is 0 Å². The molecule has 0 spiro atoms. The lowest BCUT2D eigenvalue weighted by molar-refractivity contribution is 0.750. The summed E-state index contributed by atoms with van der Waals surface area (Å²) in [7, 11) is 0. The summed E-state index contributed by atoms with van der Waals surface area (Å²) >= 11 is 0. The first kappa shape index (κ1) is 10.5. The van der Waals surface area contributed by atoms with Crippen LogP contribution in [0.3, 0.4) is 0 Å². The van der Waals surface area contributed by atoms with Crippen molar-refractivity contribution in [3.63, 3.8) is 0 Å². The lowest BCUT2D eigenvalue weighted by Crippen LogP contribution is -2.03. The molecule has 0 aliphatic heterocycles. The Hall–Kier alpha value is -1.97. The van der Waals surface area contributed by atoms with E-state index in [1.54, 1.807) is 4.68 Å². The van der Waals surface area contributed by atoms with Crippen LogP contribution in [0, 0.1) is 0 Å². The van der Waals surface area contributed by atoms with E-state index in [0.717, 1.165) is 29.9 Å². The number of rotatable bonds is 4. The first-order chi connectivity index (χ1) is 7.77. The van der Waals surface area contributed by atoms with E-state index in [9.17, 15) is 0 Å². The molecule has 0 saturated heterocycles. The summed E-state index contributed by atoms with van der Waals surface area (Å²) in [6.07, 6.45) is 1.73. The Morgan fingerprint density at radius 2 is 2.06 bits per heavy atom. The van der Waals surface area contributed by atoms with Crippen LogP contribution >= 0.6 is 0 Å². The van der Waals surface area contributed by atoms with Crippen molar-refractivity contribution < 1.29 is 0 Å². The second-order valence-electron chi connectivity index (χ2n) is 3.80. The van der Waals surface area contributed by atoms with Gasteiger partial charge < -0.3 is 0 Å². The Morgan fingerprint density at radius 1 is 1.31 bits per heavy atom. The molecule has 0 bridgehead atoms. The molecule has 0 aliphatic carbocycles. The highest BCUT2D eigenvalue weighted by molar-refractivity contribution is 5.30. The first-order valence-corrected chi connectivity index (χ1v) is 5.24. The summed E-state index contributed by atoms with van der Waals surface area (Å²) in [6, 6.07) is 9.89. The van der Waals surface area contributed by atoms with E-state index in [2.05, 4.69) is 22.1 Å². The first-order valence-electron chi connectivity index (χ1n) is 5.24. The van der Waals surface area contributed by atoms with E-state index in [1.807, 2.05) is 37.3 Å². The standard InChI is InChI=1S/C12H14N4/c1-10(2)8-9-12-13-14-15-16(12)11-6-4-3-5-7-11/h3-7H,1,8-9H2,2H3. The molecule has 0 unspecified atom stereocenters. The summed E-state index contributed by atoms with van der Waals surface area (Å²) < 4.78 is 1.77. The topological polar surface area (TPSA) is 43.6 Å². The quantitative estimate of drug-likeness (QED) is 0.732. The Balaban J connectivity index is 2.23. The van der Waals surface area contributed by atoms with Crippen molar-refractivity contribution in [3.8, 4) is 5.69 Å². The van der Waals surface area contributed by atoms with Gasteiger partial charge in [0.25, 0.3) is 0 Å². The molecule has 2 rings (SSSR count). The molecule has 0 radical (unpaired) electrons. The predicted octanol–water partition coefficient (Wildman–Crippen LogP) is 2.17. The third-order valence-electron chi connectivity index (χ3n) is 2.31. The van der Waals surface area contributed by atoms with Crippen molar-refractivity contribution in [2.24, 2.45) is 0 Å². The minimum absolute atomic E-state index is 0.817. The van der Waals surface area contributed by atoms with Gasteiger partial charge in [-0.05, 0) is 35.9 Å². The van der Waals surface area contributed by atoms with Crippen molar-refractivity contribution in [3.05, 3.63) is 48.3 Å². The Labute approximate surface area is 94.6 Å². The molecule has 0 amide bonds. The average Bonchev–Trinajstić information content (AvgIpc) is 2.75. The molecule has 1 aromatic carbocycles. The Bertz CT molecular complexity index is 473.